The molecule has 0 saturated heterocycles. The molecule has 1 aromatic heterocycles. The Balaban J connectivity index is 3.12. The molecule has 1 heterocycles. The summed E-state index contributed by atoms with van der Waals surface area (Å²) in [6, 6.07) is 1.63. The van der Waals surface area contributed by atoms with Gasteiger partial charge in [-0.1, -0.05) is 5.92 Å². The maximum Gasteiger partial charge on any atom is 0.118 e. The van der Waals surface area contributed by atoms with Crippen molar-refractivity contribution in [2.45, 2.75) is 5.03 Å². The fourth-order valence-corrected chi connectivity index (χ4v) is 0.600. The Hall–Kier alpha value is -1.01. The summed E-state index contributed by atoms with van der Waals surface area (Å²) in [5.74, 6) is 2.37. The van der Waals surface area contributed by atoms with E-state index >= 15 is 0 Å². The van der Waals surface area contributed by atoms with Crippen molar-refractivity contribution >= 4 is 12.6 Å². The highest BCUT2D eigenvalue weighted by molar-refractivity contribution is 7.80. The van der Waals surface area contributed by atoms with Crippen molar-refractivity contribution in [1.29, 1.82) is 0 Å². The van der Waals surface area contributed by atoms with Crippen molar-refractivity contribution in [3.63, 3.8) is 0 Å². The van der Waals surface area contributed by atoms with Crippen LogP contribution in [0.3, 0.4) is 0 Å². The molecule has 0 amide bonds. The third-order valence-electron chi connectivity index (χ3n) is 0.801. The van der Waals surface area contributed by atoms with Crippen molar-refractivity contribution < 1.29 is 0 Å². The van der Waals surface area contributed by atoms with Crippen LogP contribution in [0.2, 0.25) is 0 Å². The standard InChI is InChI=1S/C6H4N2S/c1-2-5-3-6(9)8-4-7-5/h1,3-4H,(H,7,8,9). The minimum atomic E-state index is 0.565. The van der Waals surface area contributed by atoms with Gasteiger partial charge in [0, 0.05) is 6.07 Å². The van der Waals surface area contributed by atoms with Crippen LogP contribution in [0.5, 0.6) is 0 Å². The summed E-state index contributed by atoms with van der Waals surface area (Å²) in [6.45, 7) is 0. The van der Waals surface area contributed by atoms with Gasteiger partial charge in [0.2, 0.25) is 0 Å². The molecule has 0 N–H and O–H groups in total. The lowest BCUT2D eigenvalue weighted by atomic mass is 10.4. The zero-order valence-electron chi connectivity index (χ0n) is 4.57. The van der Waals surface area contributed by atoms with Gasteiger partial charge in [-0.2, -0.15) is 0 Å². The highest BCUT2D eigenvalue weighted by atomic mass is 32.1. The predicted octanol–water partition coefficient (Wildman–Crippen LogP) is 0.747. The Morgan fingerprint density at radius 2 is 2.33 bits per heavy atom. The van der Waals surface area contributed by atoms with Gasteiger partial charge >= 0.3 is 0 Å². The molecular formula is C6H4N2S. The molecule has 0 saturated carbocycles. The number of rotatable bonds is 0. The Kier molecular flexibility index (Phi) is 1.71. The van der Waals surface area contributed by atoms with E-state index in [-0.39, 0.29) is 0 Å². The van der Waals surface area contributed by atoms with E-state index < -0.39 is 0 Å². The number of hydrogen-bond acceptors (Lipinski definition) is 3. The van der Waals surface area contributed by atoms with Gasteiger partial charge in [0.15, 0.2) is 0 Å². The molecule has 0 aliphatic carbocycles. The second kappa shape index (κ2) is 2.51. The summed E-state index contributed by atoms with van der Waals surface area (Å²) in [6.07, 6.45) is 6.43. The van der Waals surface area contributed by atoms with Crippen LogP contribution < -0.4 is 0 Å². The van der Waals surface area contributed by atoms with Gasteiger partial charge in [0.1, 0.15) is 12.0 Å². The van der Waals surface area contributed by atoms with Crippen LogP contribution in [0.4, 0.5) is 0 Å². The molecule has 1 rings (SSSR count). The van der Waals surface area contributed by atoms with Gasteiger partial charge in [-0.25, -0.2) is 9.97 Å². The molecule has 9 heavy (non-hydrogen) atoms. The van der Waals surface area contributed by atoms with Crippen LogP contribution in [0.1, 0.15) is 5.69 Å². The van der Waals surface area contributed by atoms with Gasteiger partial charge in [0.25, 0.3) is 0 Å². The van der Waals surface area contributed by atoms with Crippen molar-refractivity contribution in [2.75, 3.05) is 0 Å². The van der Waals surface area contributed by atoms with Crippen LogP contribution in [0.25, 0.3) is 0 Å². The molecule has 0 atom stereocenters. The van der Waals surface area contributed by atoms with E-state index in [0.717, 1.165) is 0 Å². The summed E-state index contributed by atoms with van der Waals surface area (Å²) in [5.41, 5.74) is 0.565. The van der Waals surface area contributed by atoms with Crippen molar-refractivity contribution in [3.8, 4) is 12.3 Å². The first-order chi connectivity index (χ1) is 4.33. The SMILES string of the molecule is C#Cc1cc(S)ncn1. The van der Waals surface area contributed by atoms with Crippen LogP contribution in [-0.2, 0) is 0 Å². The van der Waals surface area contributed by atoms with Gasteiger partial charge in [-0.05, 0) is 0 Å². The van der Waals surface area contributed by atoms with E-state index in [1.165, 1.54) is 6.33 Å². The van der Waals surface area contributed by atoms with Gasteiger partial charge in [-0.15, -0.1) is 19.1 Å². The first-order valence-corrected chi connectivity index (χ1v) is 2.75. The van der Waals surface area contributed by atoms with E-state index in [4.69, 9.17) is 6.42 Å². The van der Waals surface area contributed by atoms with Crippen LogP contribution in [-0.4, -0.2) is 9.97 Å². The molecular weight excluding hydrogens is 132 g/mol. The van der Waals surface area contributed by atoms with Gasteiger partial charge in [-0.3, -0.25) is 0 Å². The monoisotopic (exact) mass is 136 g/mol. The summed E-state index contributed by atoms with van der Waals surface area (Å²) >= 11 is 3.96. The van der Waals surface area contributed by atoms with Crippen LogP contribution in [0, 0.1) is 12.3 Å². The molecule has 3 heteroatoms. The molecule has 0 bridgehead atoms. The first-order valence-electron chi connectivity index (χ1n) is 2.30. The Bertz CT molecular complexity index is 251. The highest BCUT2D eigenvalue weighted by Crippen LogP contribution is 1.99. The highest BCUT2D eigenvalue weighted by Gasteiger charge is 1.87. The fourth-order valence-electron chi connectivity index (χ4n) is 0.426. The topological polar surface area (TPSA) is 25.8 Å². The van der Waals surface area contributed by atoms with E-state index in [2.05, 4.69) is 28.5 Å². The molecule has 0 unspecified atom stereocenters. The third-order valence-corrected chi connectivity index (χ3v) is 1.05. The Morgan fingerprint density at radius 3 is 2.78 bits per heavy atom. The second-order valence-electron chi connectivity index (χ2n) is 1.41. The number of aromatic nitrogens is 2. The van der Waals surface area contributed by atoms with E-state index in [0.29, 0.717) is 10.7 Å². The van der Waals surface area contributed by atoms with Crippen molar-refractivity contribution in [1.82, 2.24) is 9.97 Å². The van der Waals surface area contributed by atoms with Crippen molar-refractivity contribution in [2.24, 2.45) is 0 Å². The maximum atomic E-state index is 5.04. The maximum absolute atomic E-state index is 5.04. The fraction of sp³-hybridized carbons (Fsp3) is 0. The van der Waals surface area contributed by atoms with Gasteiger partial charge < -0.3 is 0 Å². The average molecular weight is 136 g/mol. The Morgan fingerprint density at radius 1 is 1.56 bits per heavy atom. The van der Waals surface area contributed by atoms with E-state index in [9.17, 15) is 0 Å². The van der Waals surface area contributed by atoms with Crippen molar-refractivity contribution in [3.05, 3.63) is 18.1 Å². The summed E-state index contributed by atoms with van der Waals surface area (Å²) in [4.78, 5) is 7.51. The van der Waals surface area contributed by atoms with E-state index in [1.54, 1.807) is 6.07 Å². The lowest BCUT2D eigenvalue weighted by molar-refractivity contribution is 1.04. The van der Waals surface area contributed by atoms with Gasteiger partial charge in [0.05, 0.1) is 5.03 Å². The normalized spacial score (nSPS) is 8.44. The molecule has 0 aliphatic heterocycles. The lowest BCUT2D eigenvalue weighted by Crippen LogP contribution is -1.83. The number of terminal acetylenes is 1. The minimum absolute atomic E-state index is 0.565. The largest absolute Gasteiger partial charge is 0.230 e. The lowest BCUT2D eigenvalue weighted by Gasteiger charge is -1.87. The molecule has 0 aliphatic rings. The molecule has 44 valence electrons. The number of hydrogen-bond donors (Lipinski definition) is 1. The number of nitrogens with zero attached hydrogens (tertiary/aromatic N) is 2. The zero-order chi connectivity index (χ0) is 6.69. The Labute approximate surface area is 58.8 Å². The minimum Gasteiger partial charge on any atom is -0.230 e. The van der Waals surface area contributed by atoms with Crippen LogP contribution in [0.15, 0.2) is 17.4 Å². The first kappa shape index (κ1) is 6.12. The number of thiol groups is 1. The van der Waals surface area contributed by atoms with E-state index in [1.807, 2.05) is 0 Å². The molecule has 0 radical (unpaired) electrons. The zero-order valence-corrected chi connectivity index (χ0v) is 5.47. The molecule has 0 spiro atoms. The summed E-state index contributed by atoms with van der Waals surface area (Å²) in [5, 5.41) is 0.595. The third kappa shape index (κ3) is 1.44. The van der Waals surface area contributed by atoms with Crippen LogP contribution >= 0.6 is 12.6 Å². The molecule has 0 aromatic carbocycles. The molecule has 1 aromatic rings. The molecule has 0 fully saturated rings. The molecule has 2 nitrogen and oxygen atoms in total. The quantitative estimate of drug-likeness (QED) is 0.323. The smallest absolute Gasteiger partial charge is 0.118 e. The second-order valence-corrected chi connectivity index (χ2v) is 1.86. The predicted molar refractivity (Wildman–Crippen MR) is 37.2 cm³/mol. The summed E-state index contributed by atoms with van der Waals surface area (Å²) in [7, 11) is 0. The average Bonchev–Trinajstić information content (AvgIpc) is 1.88. The summed E-state index contributed by atoms with van der Waals surface area (Å²) < 4.78 is 0.